The van der Waals surface area contributed by atoms with Crippen molar-refractivity contribution in [2.24, 2.45) is 0 Å². The number of fused-ring (bicyclic) bond motifs is 1. The Hall–Kier alpha value is -3.59. The number of carboxylic acid groups (broad SMARTS) is 1. The Labute approximate surface area is 131 Å². The lowest BCUT2D eigenvalue weighted by molar-refractivity contribution is -0.132. The molecule has 6 nitrogen and oxygen atoms in total. The van der Waals surface area contributed by atoms with Gasteiger partial charge in [0, 0.05) is 11.3 Å². The van der Waals surface area contributed by atoms with Crippen molar-refractivity contribution in [1.29, 1.82) is 5.26 Å². The Morgan fingerprint density at radius 2 is 1.87 bits per heavy atom. The highest BCUT2D eigenvalue weighted by Gasteiger charge is 2.23. The normalized spacial score (nSPS) is 11.8. The Bertz CT molecular complexity index is 947. The number of rotatable bonds is 3. The molecule has 0 atom stereocenters. The Morgan fingerprint density at radius 1 is 1.17 bits per heavy atom. The van der Waals surface area contributed by atoms with Crippen LogP contribution in [0.2, 0.25) is 0 Å². The molecule has 1 aromatic heterocycles. The number of carboxylic acids is 1. The number of hydrogen-bond donors (Lipinski definition) is 2. The summed E-state index contributed by atoms with van der Waals surface area (Å²) in [5.41, 5.74) is 7.31. The third kappa shape index (κ3) is 2.51. The van der Waals surface area contributed by atoms with Gasteiger partial charge in [-0.25, -0.2) is 9.78 Å². The summed E-state index contributed by atoms with van der Waals surface area (Å²) in [6, 6.07) is 15.4. The average Bonchev–Trinajstić information content (AvgIpc) is 2.96. The maximum absolute atomic E-state index is 11.5. The Balaban J connectivity index is 2.35. The number of aliphatic carboxylic acids is 1. The molecule has 0 saturated carbocycles. The molecule has 0 bridgehead atoms. The van der Waals surface area contributed by atoms with Crippen LogP contribution in [0.25, 0.3) is 16.7 Å². The lowest BCUT2D eigenvalue weighted by atomic mass is 9.98. The van der Waals surface area contributed by atoms with Gasteiger partial charge in [-0.3, -0.25) is 0 Å². The minimum Gasteiger partial charge on any atom is -0.477 e. The fraction of sp³-hybridized carbons (Fsp3) is 0. The highest BCUT2D eigenvalue weighted by molar-refractivity contribution is 6.05. The smallest absolute Gasteiger partial charge is 0.347 e. The second kappa shape index (κ2) is 5.66. The lowest BCUT2D eigenvalue weighted by Gasteiger charge is -2.08. The van der Waals surface area contributed by atoms with Gasteiger partial charge in [-0.1, -0.05) is 30.3 Å². The minimum atomic E-state index is -1.37. The standard InChI is InChI=1S/C17H11N3O3/c18-9-11(17(21)22)15(10-5-1-2-6-12(10)19)16-20-13-7-3-4-8-14(13)23-16/h1-8H,19H2,(H,21,22). The number of nitrogens with two attached hydrogens (primary N) is 1. The van der Waals surface area contributed by atoms with Crippen molar-refractivity contribution in [3.05, 3.63) is 65.6 Å². The maximum Gasteiger partial charge on any atom is 0.347 e. The number of benzene rings is 2. The molecule has 0 amide bonds. The molecular weight excluding hydrogens is 294 g/mol. The van der Waals surface area contributed by atoms with E-state index in [0.717, 1.165) is 0 Å². The first kappa shape index (κ1) is 14.4. The van der Waals surface area contributed by atoms with Gasteiger partial charge in [-0.2, -0.15) is 5.26 Å². The van der Waals surface area contributed by atoms with Crippen LogP contribution in [0.5, 0.6) is 0 Å². The van der Waals surface area contributed by atoms with Gasteiger partial charge in [0.15, 0.2) is 11.2 Å². The van der Waals surface area contributed by atoms with Gasteiger partial charge < -0.3 is 15.3 Å². The van der Waals surface area contributed by atoms with E-state index in [2.05, 4.69) is 4.98 Å². The molecule has 1 heterocycles. The summed E-state index contributed by atoms with van der Waals surface area (Å²) in [6.45, 7) is 0. The van der Waals surface area contributed by atoms with Crippen molar-refractivity contribution in [3.8, 4) is 6.07 Å². The molecule has 112 valence electrons. The molecule has 2 aromatic carbocycles. The lowest BCUT2D eigenvalue weighted by Crippen LogP contribution is -2.05. The third-order valence-electron chi connectivity index (χ3n) is 3.31. The van der Waals surface area contributed by atoms with E-state index in [1.165, 1.54) is 0 Å². The van der Waals surface area contributed by atoms with Crippen LogP contribution < -0.4 is 5.73 Å². The van der Waals surface area contributed by atoms with Crippen molar-refractivity contribution in [3.63, 3.8) is 0 Å². The van der Waals surface area contributed by atoms with E-state index >= 15 is 0 Å². The van der Waals surface area contributed by atoms with Crippen LogP contribution in [0, 0.1) is 11.3 Å². The van der Waals surface area contributed by atoms with Crippen LogP contribution in [0.4, 0.5) is 5.69 Å². The first-order chi connectivity index (χ1) is 11.1. The van der Waals surface area contributed by atoms with Crippen LogP contribution in [-0.4, -0.2) is 16.1 Å². The molecule has 0 fully saturated rings. The summed E-state index contributed by atoms with van der Waals surface area (Å²) in [7, 11) is 0. The van der Waals surface area contributed by atoms with Gasteiger partial charge in [0.2, 0.25) is 5.89 Å². The highest BCUT2D eigenvalue weighted by Crippen LogP contribution is 2.32. The van der Waals surface area contributed by atoms with E-state index in [1.54, 1.807) is 54.6 Å². The number of hydrogen-bond acceptors (Lipinski definition) is 5. The molecule has 0 aliphatic heterocycles. The highest BCUT2D eigenvalue weighted by atomic mass is 16.4. The van der Waals surface area contributed by atoms with Gasteiger partial charge in [0.1, 0.15) is 11.6 Å². The topological polar surface area (TPSA) is 113 Å². The molecule has 0 radical (unpaired) electrons. The van der Waals surface area contributed by atoms with Crippen molar-refractivity contribution in [1.82, 2.24) is 4.98 Å². The summed E-state index contributed by atoms with van der Waals surface area (Å²) >= 11 is 0. The third-order valence-corrected chi connectivity index (χ3v) is 3.31. The predicted molar refractivity (Wildman–Crippen MR) is 84.1 cm³/mol. The zero-order valence-electron chi connectivity index (χ0n) is 11.9. The van der Waals surface area contributed by atoms with Gasteiger partial charge in [0.05, 0.1) is 5.57 Å². The number of para-hydroxylation sites is 3. The number of nitrogens with zero attached hydrogens (tertiary/aromatic N) is 2. The summed E-state index contributed by atoms with van der Waals surface area (Å²) in [4.78, 5) is 15.7. The van der Waals surface area contributed by atoms with Crippen molar-refractivity contribution >= 4 is 28.3 Å². The largest absolute Gasteiger partial charge is 0.477 e. The molecular formula is C17H11N3O3. The van der Waals surface area contributed by atoms with Gasteiger partial charge in [-0.05, 0) is 18.2 Å². The summed E-state index contributed by atoms with van der Waals surface area (Å²) in [5, 5.41) is 18.6. The summed E-state index contributed by atoms with van der Waals surface area (Å²) in [6.07, 6.45) is 0. The molecule has 23 heavy (non-hydrogen) atoms. The number of aromatic nitrogens is 1. The zero-order chi connectivity index (χ0) is 16.4. The average molecular weight is 305 g/mol. The van der Waals surface area contributed by atoms with E-state index in [9.17, 15) is 15.2 Å². The van der Waals surface area contributed by atoms with Crippen molar-refractivity contribution in [2.45, 2.75) is 0 Å². The van der Waals surface area contributed by atoms with Crippen LogP contribution in [0.15, 0.2) is 58.5 Å². The fourth-order valence-corrected chi connectivity index (χ4v) is 2.27. The first-order valence-electron chi connectivity index (χ1n) is 6.70. The van der Waals surface area contributed by atoms with Gasteiger partial charge in [-0.15, -0.1) is 0 Å². The number of nitrogen functional groups attached to an aromatic ring is 1. The number of oxazole rings is 1. The summed E-state index contributed by atoms with van der Waals surface area (Å²) < 4.78 is 5.63. The second-order valence-electron chi connectivity index (χ2n) is 4.74. The first-order valence-corrected chi connectivity index (χ1v) is 6.70. The van der Waals surface area contributed by atoms with E-state index in [-0.39, 0.29) is 11.5 Å². The van der Waals surface area contributed by atoms with Gasteiger partial charge in [0.25, 0.3) is 0 Å². The van der Waals surface area contributed by atoms with Gasteiger partial charge >= 0.3 is 5.97 Å². The quantitative estimate of drug-likeness (QED) is 0.437. The maximum atomic E-state index is 11.5. The van der Waals surface area contributed by atoms with Crippen LogP contribution in [0.3, 0.4) is 0 Å². The van der Waals surface area contributed by atoms with Crippen LogP contribution in [0.1, 0.15) is 11.5 Å². The van der Waals surface area contributed by atoms with E-state index in [0.29, 0.717) is 22.4 Å². The predicted octanol–water partition coefficient (Wildman–Crippen LogP) is 2.82. The second-order valence-corrected chi connectivity index (χ2v) is 4.74. The molecule has 0 aliphatic carbocycles. The number of nitriles is 1. The Kier molecular flexibility index (Phi) is 3.53. The molecule has 3 rings (SSSR count). The summed E-state index contributed by atoms with van der Waals surface area (Å²) in [5.74, 6) is -1.32. The molecule has 3 N–H and O–H groups in total. The van der Waals surface area contributed by atoms with Crippen LogP contribution >= 0.6 is 0 Å². The zero-order valence-corrected chi connectivity index (χ0v) is 11.9. The van der Waals surface area contributed by atoms with E-state index in [1.807, 2.05) is 0 Å². The number of anilines is 1. The molecule has 6 heteroatoms. The Morgan fingerprint density at radius 3 is 2.52 bits per heavy atom. The molecule has 0 saturated heterocycles. The van der Waals surface area contributed by atoms with E-state index < -0.39 is 11.5 Å². The van der Waals surface area contributed by atoms with Crippen LogP contribution in [-0.2, 0) is 4.79 Å². The number of carbonyl (C=O) groups is 1. The SMILES string of the molecule is N#CC(C(=O)O)=C(c1nc2ccccc2o1)c1ccccc1N. The molecule has 0 spiro atoms. The molecule has 0 unspecified atom stereocenters. The molecule has 0 aliphatic rings. The molecule has 3 aromatic rings. The monoisotopic (exact) mass is 305 g/mol. The van der Waals surface area contributed by atoms with Crippen molar-refractivity contribution in [2.75, 3.05) is 5.73 Å². The fourth-order valence-electron chi connectivity index (χ4n) is 2.27. The van der Waals surface area contributed by atoms with E-state index in [4.69, 9.17) is 10.2 Å². The van der Waals surface area contributed by atoms with Crippen molar-refractivity contribution < 1.29 is 14.3 Å². The minimum absolute atomic E-state index is 0.0445.